The van der Waals surface area contributed by atoms with Crippen LogP contribution >= 0.6 is 11.6 Å². The number of anilines is 1. The van der Waals surface area contributed by atoms with Gasteiger partial charge in [-0.05, 0) is 40.4 Å². The van der Waals surface area contributed by atoms with Gasteiger partial charge in [-0.1, -0.05) is 11.6 Å². The zero-order valence-corrected chi connectivity index (χ0v) is 13.6. The molecule has 0 spiro atoms. The van der Waals surface area contributed by atoms with Crippen LogP contribution in [0.2, 0.25) is 5.02 Å². The van der Waals surface area contributed by atoms with Crippen LogP contribution in [0.4, 0.5) is 15.9 Å². The average Bonchev–Trinajstić information content (AvgIpc) is 2.87. The van der Waals surface area contributed by atoms with Crippen LogP contribution in [-0.4, -0.2) is 26.9 Å². The van der Waals surface area contributed by atoms with Gasteiger partial charge in [-0.3, -0.25) is 9.36 Å². The molecule has 0 fully saturated rings. The van der Waals surface area contributed by atoms with Crippen molar-refractivity contribution in [1.29, 1.82) is 0 Å². The van der Waals surface area contributed by atoms with E-state index in [0.717, 1.165) is 0 Å². The maximum Gasteiger partial charge on any atom is 0.381 e. The monoisotopic (exact) mass is 352 g/mol. The molecule has 1 aliphatic rings. The molecule has 0 N–H and O–H groups in total. The van der Waals surface area contributed by atoms with Crippen molar-refractivity contribution in [2.45, 2.75) is 26.3 Å². The van der Waals surface area contributed by atoms with Crippen molar-refractivity contribution in [3.8, 4) is 0 Å². The number of amides is 1. The first-order chi connectivity index (χ1) is 11.4. The van der Waals surface area contributed by atoms with Crippen molar-refractivity contribution in [2.75, 3.05) is 11.4 Å². The number of aromatic nitrogens is 2. The molecule has 24 heavy (non-hydrogen) atoms. The predicted molar refractivity (Wildman–Crippen MR) is 85.7 cm³/mol. The Balaban J connectivity index is 1.89. The van der Waals surface area contributed by atoms with Crippen LogP contribution in [0, 0.1) is 22.9 Å². The van der Waals surface area contributed by atoms with Gasteiger partial charge in [-0.15, -0.1) is 0 Å². The first-order valence-electron chi connectivity index (χ1n) is 7.33. The molecule has 2 heterocycles. The Kier molecular flexibility index (Phi) is 4.23. The van der Waals surface area contributed by atoms with Crippen molar-refractivity contribution in [1.82, 2.24) is 9.55 Å². The standard InChI is InChI=1S/C15H14ClFN4O3/c1-9-18-13(21(23)24)7-19(9)8-14(22)20-4-2-3-10-5-11(16)6-12(17)15(10)20/h5-7H,2-4,8H2,1H3. The lowest BCUT2D eigenvalue weighted by molar-refractivity contribution is -0.389. The topological polar surface area (TPSA) is 81.3 Å². The third-order valence-electron chi connectivity index (χ3n) is 3.96. The van der Waals surface area contributed by atoms with Gasteiger partial charge < -0.3 is 15.0 Å². The van der Waals surface area contributed by atoms with Gasteiger partial charge in [0.25, 0.3) is 0 Å². The Morgan fingerprint density at radius 3 is 2.92 bits per heavy atom. The lowest BCUT2D eigenvalue weighted by Crippen LogP contribution is -2.38. The molecule has 0 saturated carbocycles. The molecule has 1 aliphatic heterocycles. The molecule has 0 atom stereocenters. The number of benzene rings is 1. The highest BCUT2D eigenvalue weighted by Crippen LogP contribution is 2.33. The molecule has 3 rings (SSSR count). The molecule has 0 saturated heterocycles. The van der Waals surface area contributed by atoms with Crippen LogP contribution in [0.25, 0.3) is 0 Å². The lowest BCUT2D eigenvalue weighted by Gasteiger charge is -2.30. The molecular weight excluding hydrogens is 339 g/mol. The summed E-state index contributed by atoms with van der Waals surface area (Å²) in [6.07, 6.45) is 2.55. The summed E-state index contributed by atoms with van der Waals surface area (Å²) in [5.74, 6) is -0.868. The third-order valence-corrected chi connectivity index (χ3v) is 4.18. The van der Waals surface area contributed by atoms with E-state index in [1.165, 1.54) is 21.7 Å². The van der Waals surface area contributed by atoms with E-state index in [9.17, 15) is 19.3 Å². The van der Waals surface area contributed by atoms with Crippen molar-refractivity contribution in [2.24, 2.45) is 0 Å². The number of carbonyl (C=O) groups excluding carboxylic acids is 1. The number of nitrogens with zero attached hydrogens (tertiary/aromatic N) is 4. The Morgan fingerprint density at radius 2 is 2.25 bits per heavy atom. The second-order valence-electron chi connectivity index (χ2n) is 5.58. The summed E-state index contributed by atoms with van der Waals surface area (Å²) in [6.45, 7) is 1.82. The Hall–Kier alpha value is -2.48. The number of nitro groups is 1. The van der Waals surface area contributed by atoms with E-state index < -0.39 is 10.7 Å². The van der Waals surface area contributed by atoms with Gasteiger partial charge in [-0.25, -0.2) is 4.39 Å². The van der Waals surface area contributed by atoms with E-state index in [-0.39, 0.29) is 24.0 Å². The van der Waals surface area contributed by atoms with Crippen LogP contribution in [0.1, 0.15) is 17.8 Å². The molecule has 0 radical (unpaired) electrons. The van der Waals surface area contributed by atoms with Gasteiger partial charge in [0.05, 0.1) is 5.69 Å². The first-order valence-corrected chi connectivity index (χ1v) is 7.71. The smallest absolute Gasteiger partial charge is 0.358 e. The second kappa shape index (κ2) is 6.20. The summed E-state index contributed by atoms with van der Waals surface area (Å²) in [5.41, 5.74) is 0.927. The molecule has 126 valence electrons. The first kappa shape index (κ1) is 16.4. The molecule has 7 nitrogen and oxygen atoms in total. The number of imidazole rings is 1. The van der Waals surface area contributed by atoms with Gasteiger partial charge in [0.15, 0.2) is 0 Å². The summed E-state index contributed by atoms with van der Waals surface area (Å²) in [4.78, 5) is 27.9. The van der Waals surface area contributed by atoms with Gasteiger partial charge in [-0.2, -0.15) is 0 Å². The van der Waals surface area contributed by atoms with E-state index in [2.05, 4.69) is 4.98 Å². The van der Waals surface area contributed by atoms with Crippen LogP contribution in [0.3, 0.4) is 0 Å². The van der Waals surface area contributed by atoms with Gasteiger partial charge in [0, 0.05) is 18.5 Å². The van der Waals surface area contributed by atoms with Gasteiger partial charge in [0.2, 0.25) is 11.7 Å². The Bertz CT molecular complexity index is 836. The number of hydrogen-bond donors (Lipinski definition) is 0. The highest BCUT2D eigenvalue weighted by atomic mass is 35.5. The normalized spacial score (nSPS) is 13.7. The fraction of sp³-hybridized carbons (Fsp3) is 0.333. The van der Waals surface area contributed by atoms with Crippen LogP contribution in [-0.2, 0) is 17.8 Å². The van der Waals surface area contributed by atoms with Crippen molar-refractivity contribution in [3.63, 3.8) is 0 Å². The quantitative estimate of drug-likeness (QED) is 0.628. The zero-order valence-electron chi connectivity index (χ0n) is 12.8. The number of halogens is 2. The summed E-state index contributed by atoms with van der Waals surface area (Å²) >= 11 is 5.87. The largest absolute Gasteiger partial charge is 0.381 e. The van der Waals surface area contributed by atoms with Crippen molar-refractivity contribution in [3.05, 3.63) is 50.7 Å². The minimum atomic E-state index is -0.619. The van der Waals surface area contributed by atoms with E-state index in [1.54, 1.807) is 13.0 Å². The van der Waals surface area contributed by atoms with E-state index >= 15 is 0 Å². The van der Waals surface area contributed by atoms with E-state index in [0.29, 0.717) is 35.8 Å². The van der Waals surface area contributed by atoms with Crippen LogP contribution < -0.4 is 4.90 Å². The summed E-state index contributed by atoms with van der Waals surface area (Å²) < 4.78 is 15.7. The lowest BCUT2D eigenvalue weighted by atomic mass is 10.0. The molecule has 1 aromatic heterocycles. The number of aryl methyl sites for hydroxylation is 2. The predicted octanol–water partition coefficient (Wildman–Crippen LogP) is 2.87. The minimum absolute atomic E-state index is 0.145. The number of fused-ring (bicyclic) bond motifs is 1. The maximum absolute atomic E-state index is 14.3. The molecule has 0 bridgehead atoms. The Labute approximate surface area is 141 Å². The number of hydrogen-bond acceptors (Lipinski definition) is 4. The average molecular weight is 353 g/mol. The molecule has 9 heteroatoms. The van der Waals surface area contributed by atoms with Gasteiger partial charge >= 0.3 is 5.82 Å². The zero-order chi connectivity index (χ0) is 17.4. The molecule has 1 amide bonds. The SMILES string of the molecule is Cc1nc([N+](=O)[O-])cn1CC(=O)N1CCCc2cc(Cl)cc(F)c21. The van der Waals surface area contributed by atoms with Crippen LogP contribution in [0.5, 0.6) is 0 Å². The van der Waals surface area contributed by atoms with Crippen molar-refractivity contribution < 1.29 is 14.1 Å². The van der Waals surface area contributed by atoms with E-state index in [1.807, 2.05) is 0 Å². The van der Waals surface area contributed by atoms with Crippen molar-refractivity contribution >= 4 is 29.0 Å². The molecular formula is C15H14ClFN4O3. The van der Waals surface area contributed by atoms with E-state index in [4.69, 9.17) is 11.6 Å². The Morgan fingerprint density at radius 1 is 1.50 bits per heavy atom. The minimum Gasteiger partial charge on any atom is -0.358 e. The molecule has 1 aromatic carbocycles. The highest BCUT2D eigenvalue weighted by Gasteiger charge is 2.27. The molecule has 2 aromatic rings. The summed E-state index contributed by atoms with van der Waals surface area (Å²) in [7, 11) is 0. The second-order valence-corrected chi connectivity index (χ2v) is 6.01. The third kappa shape index (κ3) is 2.96. The van der Waals surface area contributed by atoms with Gasteiger partial charge in [0.1, 0.15) is 18.6 Å². The summed E-state index contributed by atoms with van der Waals surface area (Å²) in [6, 6.07) is 2.84. The fourth-order valence-electron chi connectivity index (χ4n) is 2.87. The summed E-state index contributed by atoms with van der Waals surface area (Å²) in [5, 5.41) is 11.1. The fourth-order valence-corrected chi connectivity index (χ4v) is 3.10. The van der Waals surface area contributed by atoms with Crippen LogP contribution in [0.15, 0.2) is 18.3 Å². The highest BCUT2D eigenvalue weighted by molar-refractivity contribution is 6.30. The number of carbonyl (C=O) groups is 1. The molecule has 0 unspecified atom stereocenters. The maximum atomic E-state index is 14.3. The molecule has 0 aliphatic carbocycles. The number of rotatable bonds is 3.